The van der Waals surface area contributed by atoms with Crippen molar-refractivity contribution in [3.05, 3.63) is 0 Å². The smallest absolute Gasteiger partial charge is 0.0469 e. The number of nitrogens with one attached hydrogen (secondary N) is 1. The van der Waals surface area contributed by atoms with Crippen molar-refractivity contribution >= 4 is 0 Å². The molecular weight excluding hydrogens is 224 g/mol. The maximum atomic E-state index is 5.47. The van der Waals surface area contributed by atoms with Crippen LogP contribution < -0.4 is 5.32 Å². The lowest BCUT2D eigenvalue weighted by Gasteiger charge is -2.47. The number of ether oxygens (including phenoxy) is 1. The van der Waals surface area contributed by atoms with Crippen molar-refractivity contribution in [2.45, 2.75) is 52.1 Å². The third-order valence-corrected chi connectivity index (χ3v) is 4.46. The van der Waals surface area contributed by atoms with Gasteiger partial charge in [-0.25, -0.2) is 0 Å². The quantitative estimate of drug-likeness (QED) is 0.835. The molecule has 3 heteroatoms. The second-order valence-corrected chi connectivity index (χ2v) is 7.06. The fourth-order valence-electron chi connectivity index (χ4n) is 3.31. The molecule has 0 bridgehead atoms. The predicted octanol–water partition coefficient (Wildman–Crippen LogP) is 2.12. The minimum Gasteiger partial charge on any atom is -0.381 e. The lowest BCUT2D eigenvalue weighted by Crippen LogP contribution is -2.63. The number of hydrogen-bond donors (Lipinski definition) is 1. The second kappa shape index (κ2) is 5.89. The van der Waals surface area contributed by atoms with Crippen LogP contribution in [-0.2, 0) is 4.74 Å². The first kappa shape index (κ1) is 14.3. The molecular formula is C15H30N2O. The molecule has 2 aliphatic heterocycles. The Hall–Kier alpha value is -0.120. The molecule has 3 nitrogen and oxygen atoms in total. The minimum absolute atomic E-state index is 0.260. The van der Waals surface area contributed by atoms with Crippen LogP contribution in [0.3, 0.4) is 0 Å². The van der Waals surface area contributed by atoms with Crippen LogP contribution in [0.25, 0.3) is 0 Å². The van der Waals surface area contributed by atoms with E-state index in [1.165, 1.54) is 25.9 Å². The average Bonchev–Trinajstić information content (AvgIpc) is 2.28. The second-order valence-electron chi connectivity index (χ2n) is 7.06. The largest absolute Gasteiger partial charge is 0.381 e. The molecule has 0 amide bonds. The van der Waals surface area contributed by atoms with Crippen LogP contribution in [0.15, 0.2) is 0 Å². The molecule has 0 aromatic carbocycles. The first-order valence-electron chi connectivity index (χ1n) is 7.55. The number of piperazine rings is 1. The van der Waals surface area contributed by atoms with Gasteiger partial charge in [-0.05, 0) is 38.5 Å². The third-order valence-electron chi connectivity index (χ3n) is 4.46. The highest BCUT2D eigenvalue weighted by Crippen LogP contribution is 2.24. The highest BCUT2D eigenvalue weighted by atomic mass is 16.5. The average molecular weight is 254 g/mol. The molecule has 2 saturated heterocycles. The number of hydrogen-bond acceptors (Lipinski definition) is 3. The monoisotopic (exact) mass is 254 g/mol. The molecule has 0 radical (unpaired) electrons. The summed E-state index contributed by atoms with van der Waals surface area (Å²) in [5.41, 5.74) is 0.260. The molecule has 1 N–H and O–H groups in total. The maximum absolute atomic E-state index is 5.47. The van der Waals surface area contributed by atoms with E-state index in [0.717, 1.165) is 31.6 Å². The molecule has 2 aliphatic rings. The summed E-state index contributed by atoms with van der Waals surface area (Å²) < 4.78 is 5.47. The zero-order valence-electron chi connectivity index (χ0n) is 12.5. The highest BCUT2D eigenvalue weighted by Gasteiger charge is 2.35. The Morgan fingerprint density at radius 1 is 1.28 bits per heavy atom. The van der Waals surface area contributed by atoms with E-state index in [0.29, 0.717) is 6.04 Å². The van der Waals surface area contributed by atoms with Gasteiger partial charge in [0.05, 0.1) is 0 Å². The van der Waals surface area contributed by atoms with Gasteiger partial charge in [-0.1, -0.05) is 13.8 Å². The first-order chi connectivity index (χ1) is 8.48. The van der Waals surface area contributed by atoms with E-state index in [9.17, 15) is 0 Å². The fraction of sp³-hybridized carbons (Fsp3) is 1.00. The molecule has 2 heterocycles. The van der Waals surface area contributed by atoms with Crippen molar-refractivity contribution in [2.24, 2.45) is 11.8 Å². The molecule has 0 aromatic rings. The minimum atomic E-state index is 0.260. The summed E-state index contributed by atoms with van der Waals surface area (Å²) in [6.07, 6.45) is 2.49. The summed E-state index contributed by atoms with van der Waals surface area (Å²) >= 11 is 0. The Kier molecular flexibility index (Phi) is 4.68. The lowest BCUT2D eigenvalue weighted by atomic mass is 9.90. The molecule has 0 spiro atoms. The fourth-order valence-corrected chi connectivity index (χ4v) is 3.31. The molecule has 0 aromatic heterocycles. The number of rotatable bonds is 3. The van der Waals surface area contributed by atoms with Crippen LogP contribution in [0.4, 0.5) is 0 Å². The molecule has 18 heavy (non-hydrogen) atoms. The lowest BCUT2D eigenvalue weighted by molar-refractivity contribution is 0.0169. The van der Waals surface area contributed by atoms with Gasteiger partial charge in [-0.2, -0.15) is 0 Å². The van der Waals surface area contributed by atoms with E-state index in [-0.39, 0.29) is 5.54 Å². The van der Waals surface area contributed by atoms with Gasteiger partial charge < -0.3 is 10.1 Å². The van der Waals surface area contributed by atoms with E-state index < -0.39 is 0 Å². The molecule has 0 saturated carbocycles. The Bertz CT molecular complexity index is 259. The van der Waals surface area contributed by atoms with Gasteiger partial charge >= 0.3 is 0 Å². The zero-order valence-corrected chi connectivity index (χ0v) is 12.5. The van der Waals surface area contributed by atoms with Crippen molar-refractivity contribution in [1.82, 2.24) is 10.2 Å². The van der Waals surface area contributed by atoms with Crippen molar-refractivity contribution in [1.29, 1.82) is 0 Å². The van der Waals surface area contributed by atoms with Crippen molar-refractivity contribution in [3.8, 4) is 0 Å². The topological polar surface area (TPSA) is 24.5 Å². The van der Waals surface area contributed by atoms with Crippen molar-refractivity contribution in [3.63, 3.8) is 0 Å². The zero-order chi connectivity index (χ0) is 13.2. The van der Waals surface area contributed by atoms with Crippen LogP contribution in [-0.4, -0.2) is 49.3 Å². The van der Waals surface area contributed by atoms with Crippen LogP contribution >= 0.6 is 0 Å². The van der Waals surface area contributed by atoms with E-state index in [4.69, 9.17) is 4.74 Å². The summed E-state index contributed by atoms with van der Waals surface area (Å²) in [7, 11) is 0. The summed E-state index contributed by atoms with van der Waals surface area (Å²) in [4.78, 5) is 2.73. The van der Waals surface area contributed by atoms with E-state index in [1.54, 1.807) is 0 Å². The van der Waals surface area contributed by atoms with Gasteiger partial charge in [0.2, 0.25) is 0 Å². The number of nitrogens with zero attached hydrogens (tertiary/aromatic N) is 1. The van der Waals surface area contributed by atoms with E-state index in [1.807, 2.05) is 0 Å². The Balaban J connectivity index is 1.95. The molecule has 2 fully saturated rings. The Labute approximate surface area is 112 Å². The van der Waals surface area contributed by atoms with Crippen LogP contribution in [0.2, 0.25) is 0 Å². The van der Waals surface area contributed by atoms with Gasteiger partial charge in [-0.15, -0.1) is 0 Å². The van der Waals surface area contributed by atoms with Gasteiger partial charge in [0.1, 0.15) is 0 Å². The molecule has 0 aliphatic carbocycles. The van der Waals surface area contributed by atoms with Crippen LogP contribution in [0, 0.1) is 11.8 Å². The van der Waals surface area contributed by atoms with Gasteiger partial charge in [0.25, 0.3) is 0 Å². The molecule has 2 rings (SSSR count). The molecule has 1 atom stereocenters. The molecule has 1 unspecified atom stereocenters. The Morgan fingerprint density at radius 3 is 2.56 bits per heavy atom. The summed E-state index contributed by atoms with van der Waals surface area (Å²) in [6.45, 7) is 14.8. The third kappa shape index (κ3) is 3.69. The summed E-state index contributed by atoms with van der Waals surface area (Å²) in [5, 5.41) is 3.69. The van der Waals surface area contributed by atoms with Gasteiger partial charge in [0, 0.05) is 44.4 Å². The highest BCUT2D eigenvalue weighted by molar-refractivity contribution is 4.94. The van der Waals surface area contributed by atoms with Gasteiger partial charge in [0.15, 0.2) is 0 Å². The van der Waals surface area contributed by atoms with E-state index >= 15 is 0 Å². The molecule has 106 valence electrons. The van der Waals surface area contributed by atoms with Crippen LogP contribution in [0.1, 0.15) is 40.5 Å². The predicted molar refractivity (Wildman–Crippen MR) is 75.8 cm³/mol. The standard InChI is InChI=1S/C15H30N2O/c1-12(2)14-9-16-15(3,4)11-17(14)10-13-5-7-18-8-6-13/h12-14,16H,5-11H2,1-4H3. The summed E-state index contributed by atoms with van der Waals surface area (Å²) in [5.74, 6) is 1.57. The first-order valence-corrected chi connectivity index (χ1v) is 7.55. The maximum Gasteiger partial charge on any atom is 0.0469 e. The summed E-state index contributed by atoms with van der Waals surface area (Å²) in [6, 6.07) is 0.695. The van der Waals surface area contributed by atoms with Crippen LogP contribution in [0.5, 0.6) is 0 Å². The van der Waals surface area contributed by atoms with Crippen molar-refractivity contribution < 1.29 is 4.74 Å². The van der Waals surface area contributed by atoms with Gasteiger partial charge in [-0.3, -0.25) is 4.90 Å². The van der Waals surface area contributed by atoms with Crippen molar-refractivity contribution in [2.75, 3.05) is 32.8 Å². The SMILES string of the molecule is CC(C)C1CNC(C)(C)CN1CC1CCOCC1. The normalized spacial score (nSPS) is 30.8. The van der Waals surface area contributed by atoms with E-state index in [2.05, 4.69) is 37.9 Å². The Morgan fingerprint density at radius 2 is 1.94 bits per heavy atom.